The molecule has 0 spiro atoms. The van der Waals surface area contributed by atoms with E-state index in [1.165, 1.54) is 32.1 Å². The van der Waals surface area contributed by atoms with Crippen molar-refractivity contribution in [1.29, 1.82) is 0 Å². The molecule has 1 atom stereocenters. The molecule has 0 aliphatic carbocycles. The average Bonchev–Trinajstić information content (AvgIpc) is 2.83. The molecule has 188 valence electrons. The SMILES string of the molecule is CCCCCCCCCCOC(=O)CC1C(=O)NCCN1C(=S)NC(=O)CCc1ccccc1. The second-order valence-electron chi connectivity index (χ2n) is 8.74. The van der Waals surface area contributed by atoms with Crippen LogP contribution in [0, 0.1) is 0 Å². The maximum absolute atomic E-state index is 12.4. The zero-order chi connectivity index (χ0) is 24.6. The number of nitrogens with zero attached hydrogens (tertiary/aromatic N) is 1. The molecule has 34 heavy (non-hydrogen) atoms. The number of hydrogen-bond donors (Lipinski definition) is 2. The minimum atomic E-state index is -0.776. The second-order valence-corrected chi connectivity index (χ2v) is 9.13. The Hall–Kier alpha value is -2.48. The van der Waals surface area contributed by atoms with Crippen molar-refractivity contribution in [1.82, 2.24) is 15.5 Å². The summed E-state index contributed by atoms with van der Waals surface area (Å²) in [5, 5.41) is 5.66. The summed E-state index contributed by atoms with van der Waals surface area (Å²) in [7, 11) is 0. The summed E-state index contributed by atoms with van der Waals surface area (Å²) in [6, 6.07) is 8.96. The number of amides is 2. The molecule has 1 aromatic carbocycles. The van der Waals surface area contributed by atoms with Crippen molar-refractivity contribution < 1.29 is 19.1 Å². The molecule has 8 heteroatoms. The fraction of sp³-hybridized carbons (Fsp3) is 0.615. The first-order valence-corrected chi connectivity index (χ1v) is 13.0. The van der Waals surface area contributed by atoms with Crippen LogP contribution in [0.25, 0.3) is 0 Å². The Morgan fingerprint density at radius 2 is 1.76 bits per heavy atom. The van der Waals surface area contributed by atoms with Gasteiger partial charge in [0.15, 0.2) is 5.11 Å². The van der Waals surface area contributed by atoms with E-state index in [-0.39, 0.29) is 29.8 Å². The summed E-state index contributed by atoms with van der Waals surface area (Å²) in [5.74, 6) is -0.916. The van der Waals surface area contributed by atoms with Gasteiger partial charge in [-0.25, -0.2) is 0 Å². The third kappa shape index (κ3) is 10.6. The number of aryl methyl sites for hydroxylation is 1. The maximum atomic E-state index is 12.4. The summed E-state index contributed by atoms with van der Waals surface area (Å²) in [5.41, 5.74) is 1.07. The number of piperazine rings is 1. The van der Waals surface area contributed by atoms with Crippen LogP contribution in [-0.4, -0.2) is 53.5 Å². The highest BCUT2D eigenvalue weighted by atomic mass is 32.1. The number of nitrogens with one attached hydrogen (secondary N) is 2. The lowest BCUT2D eigenvalue weighted by Crippen LogP contribution is -2.60. The van der Waals surface area contributed by atoms with Gasteiger partial charge in [-0.3, -0.25) is 14.4 Å². The molecule has 1 fully saturated rings. The van der Waals surface area contributed by atoms with Gasteiger partial charge in [0.2, 0.25) is 11.8 Å². The van der Waals surface area contributed by atoms with Crippen LogP contribution in [0.5, 0.6) is 0 Å². The Kier molecular flexibility index (Phi) is 13.2. The topological polar surface area (TPSA) is 87.7 Å². The van der Waals surface area contributed by atoms with Gasteiger partial charge in [-0.05, 0) is 30.6 Å². The van der Waals surface area contributed by atoms with Gasteiger partial charge < -0.3 is 20.3 Å². The minimum absolute atomic E-state index is 0.0944. The Morgan fingerprint density at radius 3 is 2.47 bits per heavy atom. The van der Waals surface area contributed by atoms with Gasteiger partial charge in [0.1, 0.15) is 6.04 Å². The van der Waals surface area contributed by atoms with Crippen LogP contribution in [0.15, 0.2) is 30.3 Å². The van der Waals surface area contributed by atoms with Gasteiger partial charge in [-0.15, -0.1) is 0 Å². The van der Waals surface area contributed by atoms with E-state index in [0.717, 1.165) is 24.8 Å². The van der Waals surface area contributed by atoms with Crippen LogP contribution in [0.1, 0.15) is 76.7 Å². The van der Waals surface area contributed by atoms with E-state index in [1.807, 2.05) is 30.3 Å². The number of thiocarbonyl (C=S) groups is 1. The molecular weight excluding hydrogens is 450 g/mol. The monoisotopic (exact) mass is 489 g/mol. The summed E-state index contributed by atoms with van der Waals surface area (Å²) in [6.07, 6.45) is 10.1. The van der Waals surface area contributed by atoms with E-state index < -0.39 is 12.0 Å². The molecule has 2 rings (SSSR count). The van der Waals surface area contributed by atoms with E-state index in [0.29, 0.717) is 26.1 Å². The Labute approximate surface area is 209 Å². The van der Waals surface area contributed by atoms with Crippen LogP contribution < -0.4 is 10.6 Å². The number of hydrogen-bond acceptors (Lipinski definition) is 5. The van der Waals surface area contributed by atoms with Gasteiger partial charge in [0.25, 0.3) is 0 Å². The first-order chi connectivity index (χ1) is 16.5. The van der Waals surface area contributed by atoms with Crippen molar-refractivity contribution in [2.45, 2.75) is 83.6 Å². The smallest absolute Gasteiger partial charge is 0.308 e. The van der Waals surface area contributed by atoms with Crippen LogP contribution in [0.4, 0.5) is 0 Å². The highest BCUT2D eigenvalue weighted by Crippen LogP contribution is 2.12. The van der Waals surface area contributed by atoms with Crippen molar-refractivity contribution in [3.8, 4) is 0 Å². The van der Waals surface area contributed by atoms with Crippen molar-refractivity contribution in [2.75, 3.05) is 19.7 Å². The normalized spacial score (nSPS) is 15.5. The first-order valence-electron chi connectivity index (χ1n) is 12.6. The lowest BCUT2D eigenvalue weighted by molar-refractivity contribution is -0.147. The first kappa shape index (κ1) is 27.8. The van der Waals surface area contributed by atoms with E-state index in [4.69, 9.17) is 17.0 Å². The second kappa shape index (κ2) is 16.2. The molecule has 1 saturated heterocycles. The predicted molar refractivity (Wildman–Crippen MR) is 137 cm³/mol. The summed E-state index contributed by atoms with van der Waals surface area (Å²) < 4.78 is 5.36. The molecular formula is C26H39N3O4S. The number of ether oxygens (including phenoxy) is 1. The fourth-order valence-electron chi connectivity index (χ4n) is 3.96. The van der Waals surface area contributed by atoms with Crippen molar-refractivity contribution in [3.63, 3.8) is 0 Å². The molecule has 1 aromatic rings. The van der Waals surface area contributed by atoms with E-state index >= 15 is 0 Å². The number of esters is 1. The molecule has 1 aliphatic rings. The minimum Gasteiger partial charge on any atom is -0.466 e. The van der Waals surface area contributed by atoms with Crippen LogP contribution >= 0.6 is 12.2 Å². The fourth-order valence-corrected chi connectivity index (χ4v) is 4.29. The number of carbonyl (C=O) groups is 3. The van der Waals surface area contributed by atoms with Gasteiger partial charge in [0.05, 0.1) is 13.0 Å². The van der Waals surface area contributed by atoms with Crippen LogP contribution in [0.3, 0.4) is 0 Å². The maximum Gasteiger partial charge on any atom is 0.308 e. The van der Waals surface area contributed by atoms with E-state index in [2.05, 4.69) is 17.6 Å². The van der Waals surface area contributed by atoms with Crippen LogP contribution in [0.2, 0.25) is 0 Å². The van der Waals surface area contributed by atoms with E-state index in [1.54, 1.807) is 4.90 Å². The Morgan fingerprint density at radius 1 is 1.09 bits per heavy atom. The molecule has 0 bridgehead atoms. The van der Waals surface area contributed by atoms with Crippen molar-refractivity contribution >= 4 is 35.1 Å². The van der Waals surface area contributed by atoms with Crippen molar-refractivity contribution in [2.24, 2.45) is 0 Å². The molecule has 2 amide bonds. The lowest BCUT2D eigenvalue weighted by Gasteiger charge is -2.36. The third-order valence-electron chi connectivity index (χ3n) is 5.94. The largest absolute Gasteiger partial charge is 0.466 e. The summed E-state index contributed by atoms with van der Waals surface area (Å²) >= 11 is 5.40. The van der Waals surface area contributed by atoms with Gasteiger partial charge in [-0.1, -0.05) is 82.2 Å². The molecule has 0 aromatic heterocycles. The number of rotatable bonds is 14. The standard InChI is InChI=1S/C26H39N3O4S/c1-2-3-4-5-6-7-8-12-19-33-24(31)20-22-25(32)27-17-18-29(22)26(34)28-23(30)16-15-21-13-10-9-11-14-21/h9-11,13-14,22H,2-8,12,15-20H2,1H3,(H,27,32)(H,28,30,34). The average molecular weight is 490 g/mol. The Bertz CT molecular complexity index is 788. The number of benzene rings is 1. The van der Waals surface area contributed by atoms with Gasteiger partial charge in [0, 0.05) is 19.5 Å². The summed E-state index contributed by atoms with van der Waals surface area (Å²) in [4.78, 5) is 38.8. The highest BCUT2D eigenvalue weighted by Gasteiger charge is 2.34. The lowest BCUT2D eigenvalue weighted by atomic mass is 10.1. The summed E-state index contributed by atoms with van der Waals surface area (Å²) in [6.45, 7) is 3.41. The quantitative estimate of drug-likeness (QED) is 0.234. The molecule has 0 saturated carbocycles. The van der Waals surface area contributed by atoms with Crippen LogP contribution in [-0.2, 0) is 25.5 Å². The number of carbonyl (C=O) groups excluding carboxylic acids is 3. The van der Waals surface area contributed by atoms with Crippen molar-refractivity contribution in [3.05, 3.63) is 35.9 Å². The molecule has 1 unspecified atom stereocenters. The molecule has 7 nitrogen and oxygen atoms in total. The molecule has 1 aliphatic heterocycles. The molecule has 2 N–H and O–H groups in total. The molecule has 0 radical (unpaired) electrons. The predicted octanol–water partition coefficient (Wildman–Crippen LogP) is 3.89. The zero-order valence-electron chi connectivity index (χ0n) is 20.4. The van der Waals surface area contributed by atoms with Gasteiger partial charge >= 0.3 is 5.97 Å². The Balaban J connectivity index is 1.71. The number of unbranched alkanes of at least 4 members (excludes halogenated alkanes) is 7. The zero-order valence-corrected chi connectivity index (χ0v) is 21.2. The molecule has 1 heterocycles. The van der Waals surface area contributed by atoms with E-state index in [9.17, 15) is 14.4 Å². The highest BCUT2D eigenvalue weighted by molar-refractivity contribution is 7.80. The third-order valence-corrected chi connectivity index (χ3v) is 6.28. The van der Waals surface area contributed by atoms with Gasteiger partial charge in [-0.2, -0.15) is 0 Å².